The van der Waals surface area contributed by atoms with Gasteiger partial charge in [0.25, 0.3) is 0 Å². The van der Waals surface area contributed by atoms with E-state index in [-0.39, 0.29) is 0 Å². The molecule has 1 aliphatic carbocycles. The van der Waals surface area contributed by atoms with E-state index >= 15 is 0 Å². The van der Waals surface area contributed by atoms with Crippen LogP contribution in [0, 0.1) is 5.92 Å². The largest absolute Gasteiger partial charge is 0.512 e. The number of hydrogen-bond acceptors (Lipinski definition) is 1. The van der Waals surface area contributed by atoms with Crippen molar-refractivity contribution in [1.82, 2.24) is 0 Å². The van der Waals surface area contributed by atoms with Crippen LogP contribution in [0.3, 0.4) is 0 Å². The molecule has 1 heteroatoms. The van der Waals surface area contributed by atoms with Crippen LogP contribution in [0.4, 0.5) is 0 Å². The van der Waals surface area contributed by atoms with Crippen molar-refractivity contribution in [2.75, 3.05) is 0 Å². The fourth-order valence-electron chi connectivity index (χ4n) is 1.36. The van der Waals surface area contributed by atoms with E-state index in [9.17, 15) is 5.11 Å². The second-order valence-electron chi connectivity index (χ2n) is 3.20. The lowest BCUT2D eigenvalue weighted by atomic mass is 9.92. The molecule has 0 saturated heterocycles. The topological polar surface area (TPSA) is 20.2 Å². The molecular weight excluding hydrogens is 136 g/mol. The van der Waals surface area contributed by atoms with Gasteiger partial charge in [0.15, 0.2) is 0 Å². The summed E-state index contributed by atoms with van der Waals surface area (Å²) >= 11 is 0. The molecule has 0 fully saturated rings. The first kappa shape index (κ1) is 8.38. The highest BCUT2D eigenvalue weighted by Crippen LogP contribution is 2.25. The van der Waals surface area contributed by atoms with Gasteiger partial charge in [-0.25, -0.2) is 0 Å². The van der Waals surface area contributed by atoms with Crippen LogP contribution < -0.4 is 0 Å². The molecule has 0 heterocycles. The highest BCUT2D eigenvalue weighted by molar-refractivity contribution is 5.24. The molecule has 0 radical (unpaired) electrons. The van der Waals surface area contributed by atoms with E-state index in [4.69, 9.17) is 0 Å². The maximum absolute atomic E-state index is 9.40. The zero-order valence-corrected chi connectivity index (χ0v) is 7.30. The molecule has 0 bridgehead atoms. The molecule has 0 aliphatic heterocycles. The third-order valence-corrected chi connectivity index (χ3v) is 2.17. The van der Waals surface area contributed by atoms with Crippen LogP contribution in [0.1, 0.15) is 33.1 Å². The highest BCUT2D eigenvalue weighted by Gasteiger charge is 2.13. The summed E-state index contributed by atoms with van der Waals surface area (Å²) < 4.78 is 0. The molecule has 0 saturated carbocycles. The summed E-state index contributed by atoms with van der Waals surface area (Å²) in [5.41, 5.74) is 1.29. The molecule has 1 atom stereocenters. The first-order chi connectivity index (χ1) is 5.24. The Labute approximate surface area is 68.4 Å². The standard InChI is InChI=1S/C10H16O/c1-3-4-9-6-5-8(2)10(11)7-9/h4,7-8,11H,3,5-6H2,1-2H3. The van der Waals surface area contributed by atoms with Gasteiger partial charge in [-0.15, -0.1) is 0 Å². The Bertz CT molecular complexity index is 189. The van der Waals surface area contributed by atoms with Gasteiger partial charge in [-0.2, -0.15) is 0 Å². The van der Waals surface area contributed by atoms with Crippen molar-refractivity contribution < 1.29 is 5.11 Å². The summed E-state index contributed by atoms with van der Waals surface area (Å²) in [5.74, 6) is 0.917. The Morgan fingerprint density at radius 3 is 3.00 bits per heavy atom. The van der Waals surface area contributed by atoms with Crippen LogP contribution in [0.2, 0.25) is 0 Å². The molecule has 1 unspecified atom stereocenters. The lowest BCUT2D eigenvalue weighted by Crippen LogP contribution is -2.05. The minimum Gasteiger partial charge on any atom is -0.512 e. The maximum Gasteiger partial charge on any atom is 0.0953 e. The molecule has 62 valence electrons. The average Bonchev–Trinajstić information content (AvgIpc) is 1.98. The van der Waals surface area contributed by atoms with Crippen molar-refractivity contribution in [2.45, 2.75) is 33.1 Å². The van der Waals surface area contributed by atoms with Gasteiger partial charge in [0.1, 0.15) is 0 Å². The quantitative estimate of drug-likeness (QED) is 0.611. The number of allylic oxidation sites excluding steroid dienone is 4. The van der Waals surface area contributed by atoms with Gasteiger partial charge in [-0.3, -0.25) is 0 Å². The van der Waals surface area contributed by atoms with E-state index in [2.05, 4.69) is 19.9 Å². The van der Waals surface area contributed by atoms with Crippen molar-refractivity contribution in [3.05, 3.63) is 23.5 Å². The van der Waals surface area contributed by atoms with Gasteiger partial charge in [0.2, 0.25) is 0 Å². The Kier molecular flexibility index (Phi) is 2.75. The normalized spacial score (nSPS) is 28.7. The summed E-state index contributed by atoms with van der Waals surface area (Å²) in [6.45, 7) is 4.19. The molecule has 1 N–H and O–H groups in total. The number of aliphatic hydroxyl groups excluding tert-OH is 1. The summed E-state index contributed by atoms with van der Waals surface area (Å²) in [7, 11) is 0. The summed E-state index contributed by atoms with van der Waals surface area (Å²) in [4.78, 5) is 0. The van der Waals surface area contributed by atoms with Crippen molar-refractivity contribution in [2.24, 2.45) is 5.92 Å². The van der Waals surface area contributed by atoms with E-state index in [1.807, 2.05) is 6.08 Å². The second-order valence-corrected chi connectivity index (χ2v) is 3.20. The molecule has 0 aromatic rings. The van der Waals surface area contributed by atoms with E-state index in [1.165, 1.54) is 5.57 Å². The zero-order valence-electron chi connectivity index (χ0n) is 7.30. The van der Waals surface area contributed by atoms with Crippen LogP contribution in [0.15, 0.2) is 23.5 Å². The average molecular weight is 152 g/mol. The Hall–Kier alpha value is -0.720. The van der Waals surface area contributed by atoms with Gasteiger partial charge in [0.05, 0.1) is 5.76 Å². The van der Waals surface area contributed by atoms with Gasteiger partial charge < -0.3 is 5.11 Å². The Balaban J connectivity index is 2.69. The molecule has 0 amide bonds. The van der Waals surface area contributed by atoms with Gasteiger partial charge >= 0.3 is 0 Å². The maximum atomic E-state index is 9.40. The third kappa shape index (κ3) is 2.11. The second kappa shape index (κ2) is 3.61. The van der Waals surface area contributed by atoms with Crippen molar-refractivity contribution in [1.29, 1.82) is 0 Å². The molecular formula is C10H16O. The fraction of sp³-hybridized carbons (Fsp3) is 0.600. The van der Waals surface area contributed by atoms with Crippen LogP contribution in [0.5, 0.6) is 0 Å². The third-order valence-electron chi connectivity index (χ3n) is 2.17. The molecule has 11 heavy (non-hydrogen) atoms. The van der Waals surface area contributed by atoms with E-state index in [0.29, 0.717) is 11.7 Å². The van der Waals surface area contributed by atoms with Crippen molar-refractivity contribution in [3.63, 3.8) is 0 Å². The SMILES string of the molecule is CCC=C1C=C(O)C(C)CC1. The van der Waals surface area contributed by atoms with E-state index < -0.39 is 0 Å². The van der Waals surface area contributed by atoms with Crippen LogP contribution in [-0.4, -0.2) is 5.11 Å². The summed E-state index contributed by atoms with van der Waals surface area (Å²) in [6.07, 6.45) is 7.38. The van der Waals surface area contributed by atoms with E-state index in [0.717, 1.165) is 19.3 Å². The first-order valence-electron chi connectivity index (χ1n) is 4.33. The first-order valence-corrected chi connectivity index (χ1v) is 4.33. The molecule has 1 rings (SSSR count). The molecule has 0 aromatic carbocycles. The smallest absolute Gasteiger partial charge is 0.0953 e. The number of aliphatic hydroxyl groups is 1. The Morgan fingerprint density at radius 2 is 2.45 bits per heavy atom. The molecule has 0 aromatic heterocycles. The summed E-state index contributed by atoms with van der Waals surface area (Å²) in [5, 5.41) is 9.40. The minimum absolute atomic E-state index is 0.365. The van der Waals surface area contributed by atoms with Gasteiger partial charge in [-0.05, 0) is 30.9 Å². The number of rotatable bonds is 1. The minimum atomic E-state index is 0.365. The lowest BCUT2D eigenvalue weighted by Gasteiger charge is -2.17. The molecule has 0 spiro atoms. The predicted molar refractivity (Wildman–Crippen MR) is 47.5 cm³/mol. The van der Waals surface area contributed by atoms with Crippen LogP contribution >= 0.6 is 0 Å². The fourth-order valence-corrected chi connectivity index (χ4v) is 1.36. The van der Waals surface area contributed by atoms with Crippen LogP contribution in [-0.2, 0) is 0 Å². The lowest BCUT2D eigenvalue weighted by molar-refractivity contribution is 0.323. The van der Waals surface area contributed by atoms with Gasteiger partial charge in [0, 0.05) is 5.92 Å². The number of hydrogen-bond donors (Lipinski definition) is 1. The van der Waals surface area contributed by atoms with Gasteiger partial charge in [-0.1, -0.05) is 19.9 Å². The van der Waals surface area contributed by atoms with Crippen molar-refractivity contribution in [3.8, 4) is 0 Å². The van der Waals surface area contributed by atoms with E-state index in [1.54, 1.807) is 0 Å². The molecule has 1 aliphatic rings. The highest BCUT2D eigenvalue weighted by atomic mass is 16.3. The zero-order chi connectivity index (χ0) is 8.27. The van der Waals surface area contributed by atoms with Crippen molar-refractivity contribution >= 4 is 0 Å². The monoisotopic (exact) mass is 152 g/mol. The summed E-state index contributed by atoms with van der Waals surface area (Å²) in [6, 6.07) is 0. The predicted octanol–water partition coefficient (Wildman–Crippen LogP) is 3.19. The van der Waals surface area contributed by atoms with Crippen LogP contribution in [0.25, 0.3) is 0 Å². The Morgan fingerprint density at radius 1 is 1.73 bits per heavy atom. The molecule has 1 nitrogen and oxygen atoms in total.